The third-order valence-corrected chi connectivity index (χ3v) is 4.34. The molecule has 0 unspecified atom stereocenters. The van der Waals surface area contributed by atoms with Crippen LogP contribution < -0.4 is 9.64 Å². The molecule has 2 heterocycles. The third kappa shape index (κ3) is 5.79. The number of carbonyl (C=O) groups is 1. The van der Waals surface area contributed by atoms with Crippen molar-refractivity contribution in [3.63, 3.8) is 0 Å². The molecule has 0 fully saturated rings. The van der Waals surface area contributed by atoms with Crippen LogP contribution in [0.15, 0.2) is 47.3 Å². The van der Waals surface area contributed by atoms with E-state index in [2.05, 4.69) is 9.97 Å². The molecule has 0 amide bonds. The molecule has 3 rings (SSSR count). The second-order valence-corrected chi connectivity index (χ2v) is 6.52. The van der Waals surface area contributed by atoms with Gasteiger partial charge in [-0.3, -0.25) is 14.9 Å². The van der Waals surface area contributed by atoms with E-state index < -0.39 is 28.3 Å². The minimum Gasteiger partial charge on any atom is -0.467 e. The smallest absolute Gasteiger partial charge is 0.373 e. The van der Waals surface area contributed by atoms with Gasteiger partial charge in [-0.05, 0) is 31.2 Å². The first-order chi connectivity index (χ1) is 15.9. The van der Waals surface area contributed by atoms with Crippen LogP contribution in [0.5, 0.6) is 11.6 Å². The van der Waals surface area contributed by atoms with Gasteiger partial charge in [0.25, 0.3) is 0 Å². The highest BCUT2D eigenvalue weighted by Gasteiger charge is 2.30. The minimum absolute atomic E-state index is 0.0301. The Bertz CT molecular complexity index is 1180. The fourth-order valence-corrected chi connectivity index (χ4v) is 2.89. The van der Waals surface area contributed by atoms with Crippen LogP contribution in [-0.4, -0.2) is 34.0 Å². The van der Waals surface area contributed by atoms with E-state index in [1.54, 1.807) is 25.1 Å². The second-order valence-electron chi connectivity index (χ2n) is 6.52. The molecule has 12 heteroatoms. The SMILES string of the molecule is CCOC(=O)CCN(Cc1ccco1)c1ncnc(Oc2ccc(C#N)c(F)c2)c1[N+](=O)[O-]. The molecule has 11 nitrogen and oxygen atoms in total. The lowest BCUT2D eigenvalue weighted by Gasteiger charge is -2.22. The molecular weight excluding hydrogens is 437 g/mol. The zero-order valence-corrected chi connectivity index (χ0v) is 17.4. The number of hydrogen-bond acceptors (Lipinski definition) is 10. The van der Waals surface area contributed by atoms with Gasteiger partial charge in [0.15, 0.2) is 0 Å². The Morgan fingerprint density at radius 2 is 2.18 bits per heavy atom. The summed E-state index contributed by atoms with van der Waals surface area (Å²) in [5, 5.41) is 20.8. The molecule has 33 heavy (non-hydrogen) atoms. The lowest BCUT2D eigenvalue weighted by atomic mass is 10.2. The molecule has 2 aromatic heterocycles. The summed E-state index contributed by atoms with van der Waals surface area (Å²) >= 11 is 0. The summed E-state index contributed by atoms with van der Waals surface area (Å²) < 4.78 is 29.7. The number of nitro groups is 1. The molecule has 3 aromatic rings. The molecule has 0 atom stereocenters. The number of anilines is 1. The maximum Gasteiger partial charge on any atom is 0.373 e. The summed E-state index contributed by atoms with van der Waals surface area (Å²) in [5.74, 6) is -1.51. The molecule has 0 aliphatic rings. The Kier molecular flexibility index (Phi) is 7.48. The summed E-state index contributed by atoms with van der Waals surface area (Å²) in [5.41, 5.74) is -0.790. The third-order valence-electron chi connectivity index (χ3n) is 4.34. The summed E-state index contributed by atoms with van der Waals surface area (Å²) in [6.45, 7) is 1.96. The van der Waals surface area contributed by atoms with Gasteiger partial charge in [0.2, 0.25) is 5.82 Å². The molecule has 0 radical (unpaired) electrons. The van der Waals surface area contributed by atoms with Crippen molar-refractivity contribution in [3.8, 4) is 17.7 Å². The molecule has 0 bridgehead atoms. The quantitative estimate of drug-likeness (QED) is 0.252. The number of nitrogens with zero attached hydrogens (tertiary/aromatic N) is 5. The van der Waals surface area contributed by atoms with Crippen LogP contribution in [0.2, 0.25) is 0 Å². The van der Waals surface area contributed by atoms with Crippen LogP contribution >= 0.6 is 0 Å². The summed E-state index contributed by atoms with van der Waals surface area (Å²) in [6.07, 6.45) is 2.44. The number of furan rings is 1. The highest BCUT2D eigenvalue weighted by molar-refractivity contribution is 5.71. The minimum atomic E-state index is -0.846. The van der Waals surface area contributed by atoms with Gasteiger partial charge in [-0.25, -0.2) is 9.37 Å². The number of carbonyl (C=O) groups excluding carboxylic acids is 1. The van der Waals surface area contributed by atoms with Gasteiger partial charge in [-0.15, -0.1) is 0 Å². The highest BCUT2D eigenvalue weighted by atomic mass is 19.1. The zero-order chi connectivity index (χ0) is 23.8. The van der Waals surface area contributed by atoms with E-state index in [0.29, 0.717) is 5.76 Å². The largest absolute Gasteiger partial charge is 0.467 e. The highest BCUT2D eigenvalue weighted by Crippen LogP contribution is 2.37. The zero-order valence-electron chi connectivity index (χ0n) is 17.4. The lowest BCUT2D eigenvalue weighted by molar-refractivity contribution is -0.385. The average molecular weight is 455 g/mol. The number of esters is 1. The van der Waals surface area contributed by atoms with Gasteiger partial charge in [0, 0.05) is 12.6 Å². The number of ether oxygens (including phenoxy) is 2. The molecular formula is C21H18FN5O6. The number of benzene rings is 1. The van der Waals surface area contributed by atoms with E-state index >= 15 is 0 Å². The monoisotopic (exact) mass is 455 g/mol. The maximum atomic E-state index is 13.9. The standard InChI is InChI=1S/C21H18FN5O6/c1-2-31-18(28)7-8-26(12-16-4-3-9-32-16)20-19(27(29)30)21(25-13-24-20)33-15-6-5-14(11-23)17(22)10-15/h3-6,9-10,13H,2,7-8,12H2,1H3. The van der Waals surface area contributed by atoms with Crippen molar-refractivity contribution in [2.24, 2.45) is 0 Å². The van der Waals surface area contributed by atoms with Crippen molar-refractivity contribution in [3.05, 3.63) is 70.2 Å². The molecule has 0 aliphatic carbocycles. The topological polar surface area (TPSA) is 145 Å². The van der Waals surface area contributed by atoms with Crippen molar-refractivity contribution in [2.75, 3.05) is 18.1 Å². The number of aromatic nitrogens is 2. The van der Waals surface area contributed by atoms with Crippen LogP contribution in [-0.2, 0) is 16.1 Å². The first-order valence-corrected chi connectivity index (χ1v) is 9.72. The predicted octanol–water partition coefficient (Wildman–Crippen LogP) is 3.74. The average Bonchev–Trinajstić information content (AvgIpc) is 3.30. The molecule has 1 aromatic carbocycles. The van der Waals surface area contributed by atoms with Crippen molar-refractivity contribution in [1.82, 2.24) is 9.97 Å². The Labute approximate surface area is 187 Å². The van der Waals surface area contributed by atoms with Crippen molar-refractivity contribution >= 4 is 17.5 Å². The summed E-state index contributed by atoms with van der Waals surface area (Å²) in [6, 6.07) is 8.39. The van der Waals surface area contributed by atoms with Gasteiger partial charge >= 0.3 is 17.5 Å². The van der Waals surface area contributed by atoms with Crippen LogP contribution in [0, 0.1) is 27.3 Å². The van der Waals surface area contributed by atoms with E-state index in [0.717, 1.165) is 12.4 Å². The second kappa shape index (κ2) is 10.7. The molecule has 0 saturated carbocycles. The van der Waals surface area contributed by atoms with Crippen LogP contribution in [0.3, 0.4) is 0 Å². The van der Waals surface area contributed by atoms with Crippen LogP contribution in [0.25, 0.3) is 0 Å². The number of nitriles is 1. The molecule has 0 saturated heterocycles. The van der Waals surface area contributed by atoms with E-state index in [-0.39, 0.29) is 43.2 Å². The Morgan fingerprint density at radius 3 is 2.82 bits per heavy atom. The van der Waals surface area contributed by atoms with E-state index in [1.807, 2.05) is 0 Å². The van der Waals surface area contributed by atoms with Gasteiger partial charge in [0.1, 0.15) is 29.7 Å². The Hall–Kier alpha value is -4.53. The molecule has 0 spiro atoms. The Balaban J connectivity index is 1.97. The van der Waals surface area contributed by atoms with Gasteiger partial charge in [-0.1, -0.05) is 0 Å². The fourth-order valence-electron chi connectivity index (χ4n) is 2.89. The first kappa shape index (κ1) is 23.1. The van der Waals surface area contributed by atoms with Gasteiger partial charge in [0.05, 0.1) is 36.3 Å². The Morgan fingerprint density at radius 1 is 1.36 bits per heavy atom. The van der Waals surface area contributed by atoms with Gasteiger partial charge < -0.3 is 18.8 Å². The summed E-state index contributed by atoms with van der Waals surface area (Å²) in [7, 11) is 0. The molecule has 0 N–H and O–H groups in total. The van der Waals surface area contributed by atoms with Crippen LogP contribution in [0.4, 0.5) is 15.9 Å². The van der Waals surface area contributed by atoms with E-state index in [4.69, 9.17) is 19.2 Å². The molecule has 0 aliphatic heterocycles. The fraction of sp³-hybridized carbons (Fsp3) is 0.238. The molecule has 170 valence electrons. The number of hydrogen-bond donors (Lipinski definition) is 0. The van der Waals surface area contributed by atoms with E-state index in [1.165, 1.54) is 23.3 Å². The van der Waals surface area contributed by atoms with Crippen molar-refractivity contribution < 1.29 is 28.0 Å². The van der Waals surface area contributed by atoms with E-state index in [9.17, 15) is 19.3 Å². The van der Waals surface area contributed by atoms with Crippen molar-refractivity contribution in [1.29, 1.82) is 5.26 Å². The van der Waals surface area contributed by atoms with Crippen LogP contribution in [0.1, 0.15) is 24.7 Å². The maximum absolute atomic E-state index is 13.9. The normalized spacial score (nSPS) is 10.3. The number of rotatable bonds is 10. The number of halogens is 1. The lowest BCUT2D eigenvalue weighted by Crippen LogP contribution is -2.28. The summed E-state index contributed by atoms with van der Waals surface area (Å²) in [4.78, 5) is 32.4. The van der Waals surface area contributed by atoms with Gasteiger partial charge in [-0.2, -0.15) is 10.2 Å². The first-order valence-electron chi connectivity index (χ1n) is 9.72. The van der Waals surface area contributed by atoms with Crippen molar-refractivity contribution in [2.45, 2.75) is 19.9 Å². The predicted molar refractivity (Wildman–Crippen MR) is 111 cm³/mol.